The Labute approximate surface area is 139 Å². The van der Waals surface area contributed by atoms with E-state index in [2.05, 4.69) is 16.9 Å². The van der Waals surface area contributed by atoms with E-state index in [1.165, 1.54) is 0 Å². The quantitative estimate of drug-likeness (QED) is 0.497. The summed E-state index contributed by atoms with van der Waals surface area (Å²) in [6.45, 7) is 4.14. The lowest BCUT2D eigenvalue weighted by Gasteiger charge is -2.29. The maximum atomic E-state index is 10.3. The molecule has 3 rings (SSSR count). The van der Waals surface area contributed by atoms with Gasteiger partial charge >= 0.3 is 0 Å². The van der Waals surface area contributed by atoms with Crippen LogP contribution in [0.2, 0.25) is 0 Å². The van der Waals surface area contributed by atoms with E-state index in [1.54, 1.807) is 17.0 Å². The van der Waals surface area contributed by atoms with Gasteiger partial charge in [-0.05, 0) is 0 Å². The Balaban J connectivity index is 1.92. The summed E-state index contributed by atoms with van der Waals surface area (Å²) >= 11 is 5.38. The van der Waals surface area contributed by atoms with Crippen LogP contribution in [0.1, 0.15) is 11.9 Å². The first-order chi connectivity index (χ1) is 11.1. The van der Waals surface area contributed by atoms with Crippen LogP contribution in [-0.4, -0.2) is 74.9 Å². The van der Waals surface area contributed by atoms with Crippen LogP contribution in [0.25, 0.3) is 0 Å². The lowest BCUT2D eigenvalue weighted by Crippen LogP contribution is -2.38. The predicted molar refractivity (Wildman–Crippen MR) is 87.1 cm³/mol. The van der Waals surface area contributed by atoms with Crippen molar-refractivity contribution < 1.29 is 19.7 Å². The van der Waals surface area contributed by atoms with Crippen LogP contribution in [0.15, 0.2) is 19.0 Å². The van der Waals surface area contributed by atoms with Gasteiger partial charge in [0.05, 0.1) is 26.2 Å². The second kappa shape index (κ2) is 6.54. The largest absolute Gasteiger partial charge is 0.394 e. The molecule has 0 aromatic carbocycles. The monoisotopic (exact) mass is 340 g/mol. The Morgan fingerprint density at radius 3 is 3.13 bits per heavy atom. The molecule has 0 saturated carbocycles. The minimum absolute atomic E-state index is 0.269. The lowest BCUT2D eigenvalue weighted by molar-refractivity contribution is -0.0653. The Bertz CT molecular complexity index is 608. The molecule has 0 radical (unpaired) electrons. The second-order valence-corrected chi connectivity index (χ2v) is 5.90. The number of nitrogens with zero attached hydrogens (tertiary/aromatic N) is 3. The summed E-state index contributed by atoms with van der Waals surface area (Å²) in [7, 11) is 1.88. The van der Waals surface area contributed by atoms with Crippen molar-refractivity contribution in [2.24, 2.45) is 0 Å². The standard InChI is InChI=1S/C14H20N4O4S/c1-3-4-21-11-10(20)8(5-19)22-13(11)18-7-15-9-12(18)16-6-17(2)14(9)23/h3,7-8,10-11,13,16,19-20H,1,4-6H2,2H3/t8-,10-,11-,13-/m1/s1. The van der Waals surface area contributed by atoms with Gasteiger partial charge in [0.2, 0.25) is 0 Å². The SMILES string of the molecule is C=CCO[C@@H]1[C@H](O)[C@@H](CO)O[C@H]1n1cnc2c1NCN(C)C2=S. The summed E-state index contributed by atoms with van der Waals surface area (Å²) < 4.78 is 13.2. The highest BCUT2D eigenvalue weighted by Gasteiger charge is 2.46. The van der Waals surface area contributed by atoms with E-state index in [-0.39, 0.29) is 13.2 Å². The van der Waals surface area contributed by atoms with Crippen LogP contribution in [0.4, 0.5) is 5.82 Å². The molecule has 1 aromatic rings. The molecule has 0 unspecified atom stereocenters. The van der Waals surface area contributed by atoms with Crippen LogP contribution in [-0.2, 0) is 9.47 Å². The number of ether oxygens (including phenoxy) is 2. The normalized spacial score (nSPS) is 30.2. The van der Waals surface area contributed by atoms with Gasteiger partial charge in [-0.25, -0.2) is 4.98 Å². The van der Waals surface area contributed by atoms with Gasteiger partial charge in [-0.3, -0.25) is 4.57 Å². The van der Waals surface area contributed by atoms with Crippen molar-refractivity contribution in [1.29, 1.82) is 0 Å². The fourth-order valence-electron chi connectivity index (χ4n) is 2.78. The van der Waals surface area contributed by atoms with Crippen molar-refractivity contribution in [3.05, 3.63) is 24.7 Å². The fraction of sp³-hybridized carbons (Fsp3) is 0.571. The molecule has 1 fully saturated rings. The van der Waals surface area contributed by atoms with Crippen LogP contribution < -0.4 is 5.32 Å². The summed E-state index contributed by atoms with van der Waals surface area (Å²) in [6.07, 6.45) is 0.287. The van der Waals surface area contributed by atoms with E-state index in [9.17, 15) is 10.2 Å². The van der Waals surface area contributed by atoms with Crippen LogP contribution in [0.5, 0.6) is 0 Å². The number of hydrogen-bond acceptors (Lipinski definition) is 7. The van der Waals surface area contributed by atoms with Gasteiger partial charge < -0.3 is 29.9 Å². The molecule has 0 amide bonds. The van der Waals surface area contributed by atoms with Crippen molar-refractivity contribution in [1.82, 2.24) is 14.5 Å². The molecule has 9 heteroatoms. The van der Waals surface area contributed by atoms with E-state index in [1.807, 2.05) is 11.9 Å². The van der Waals surface area contributed by atoms with Gasteiger partial charge in [0.15, 0.2) is 6.23 Å². The van der Waals surface area contributed by atoms with E-state index in [4.69, 9.17) is 21.7 Å². The zero-order valence-corrected chi connectivity index (χ0v) is 13.6. The van der Waals surface area contributed by atoms with E-state index >= 15 is 0 Å². The molecule has 8 nitrogen and oxygen atoms in total. The minimum Gasteiger partial charge on any atom is -0.394 e. The van der Waals surface area contributed by atoms with Gasteiger partial charge in [-0.2, -0.15) is 0 Å². The second-order valence-electron chi connectivity index (χ2n) is 5.51. The third-order valence-corrected chi connectivity index (χ3v) is 4.51. The number of rotatable bonds is 5. The van der Waals surface area contributed by atoms with Gasteiger partial charge in [0.1, 0.15) is 34.8 Å². The fourth-order valence-corrected chi connectivity index (χ4v) is 3.00. The molecule has 0 bridgehead atoms. The Kier molecular flexibility index (Phi) is 4.64. The minimum atomic E-state index is -0.943. The van der Waals surface area contributed by atoms with Crippen LogP contribution in [0, 0.1) is 0 Å². The zero-order chi connectivity index (χ0) is 16.6. The highest BCUT2D eigenvalue weighted by atomic mass is 32.1. The molecule has 2 aliphatic rings. The Hall–Kier alpha value is -1.52. The molecule has 0 spiro atoms. The number of anilines is 1. The molecular weight excluding hydrogens is 320 g/mol. The summed E-state index contributed by atoms with van der Waals surface area (Å²) in [5.74, 6) is 0.719. The van der Waals surface area contributed by atoms with E-state index in [0.717, 1.165) is 5.82 Å². The van der Waals surface area contributed by atoms with Gasteiger partial charge in [0.25, 0.3) is 0 Å². The first-order valence-corrected chi connectivity index (χ1v) is 7.72. The summed E-state index contributed by atoms with van der Waals surface area (Å²) in [5, 5.41) is 22.9. The number of nitrogens with one attached hydrogen (secondary N) is 1. The summed E-state index contributed by atoms with van der Waals surface area (Å²) in [6, 6.07) is 0. The molecule has 126 valence electrons. The molecule has 3 N–H and O–H groups in total. The molecule has 4 atom stereocenters. The average molecular weight is 340 g/mol. The predicted octanol–water partition coefficient (Wildman–Crippen LogP) is -0.305. The lowest BCUT2D eigenvalue weighted by atomic mass is 10.1. The smallest absolute Gasteiger partial charge is 0.166 e. The maximum Gasteiger partial charge on any atom is 0.166 e. The Morgan fingerprint density at radius 2 is 2.43 bits per heavy atom. The number of hydrogen-bond donors (Lipinski definition) is 3. The molecule has 1 aromatic heterocycles. The van der Waals surface area contributed by atoms with Gasteiger partial charge in [-0.15, -0.1) is 6.58 Å². The topological polar surface area (TPSA) is 92.0 Å². The summed E-state index contributed by atoms with van der Waals surface area (Å²) in [4.78, 5) is 6.86. The van der Waals surface area contributed by atoms with E-state index in [0.29, 0.717) is 17.4 Å². The van der Waals surface area contributed by atoms with E-state index < -0.39 is 24.5 Å². The van der Waals surface area contributed by atoms with Crippen LogP contribution in [0.3, 0.4) is 0 Å². The van der Waals surface area contributed by atoms with Crippen molar-refractivity contribution in [3.63, 3.8) is 0 Å². The van der Waals surface area contributed by atoms with Crippen molar-refractivity contribution in [2.75, 3.05) is 32.2 Å². The molecule has 23 heavy (non-hydrogen) atoms. The number of imidazole rings is 1. The van der Waals surface area contributed by atoms with Gasteiger partial charge in [0, 0.05) is 7.05 Å². The summed E-state index contributed by atoms with van der Waals surface area (Å²) in [5.41, 5.74) is 0.654. The molecule has 2 aliphatic heterocycles. The van der Waals surface area contributed by atoms with Crippen molar-refractivity contribution in [2.45, 2.75) is 24.5 Å². The van der Waals surface area contributed by atoms with Gasteiger partial charge in [-0.1, -0.05) is 18.3 Å². The highest BCUT2D eigenvalue weighted by Crippen LogP contribution is 2.35. The number of aliphatic hydroxyl groups is 2. The van der Waals surface area contributed by atoms with Crippen molar-refractivity contribution >= 4 is 23.0 Å². The average Bonchev–Trinajstić information content (AvgIpc) is 3.10. The first-order valence-electron chi connectivity index (χ1n) is 7.31. The van der Waals surface area contributed by atoms with Crippen LogP contribution >= 0.6 is 12.2 Å². The number of thiocarbonyl (C=S) groups is 1. The van der Waals surface area contributed by atoms with Crippen molar-refractivity contribution in [3.8, 4) is 0 Å². The zero-order valence-electron chi connectivity index (χ0n) is 12.8. The maximum absolute atomic E-state index is 10.3. The third-order valence-electron chi connectivity index (χ3n) is 4.00. The molecule has 0 aliphatic carbocycles. The first kappa shape index (κ1) is 16.3. The third kappa shape index (κ3) is 2.74. The number of aromatic nitrogens is 2. The number of fused-ring (bicyclic) bond motifs is 1. The number of aliphatic hydroxyl groups excluding tert-OH is 2. The molecule has 1 saturated heterocycles. The molecular formula is C14H20N4O4S. The highest BCUT2D eigenvalue weighted by molar-refractivity contribution is 7.80. The Morgan fingerprint density at radius 1 is 1.65 bits per heavy atom. The molecule has 3 heterocycles.